The molecule has 3 rings (SSSR count). The molecule has 0 bridgehead atoms. The summed E-state index contributed by atoms with van der Waals surface area (Å²) in [7, 11) is -1.04. The minimum Gasteiger partial charge on any atom is -0.296 e. The first-order valence-electron chi connectivity index (χ1n) is 6.22. The number of carbonyl (C=O) groups excluding carboxylic acids is 1. The highest BCUT2D eigenvalue weighted by molar-refractivity contribution is 7.84. The van der Waals surface area contributed by atoms with Crippen LogP contribution in [0.2, 0.25) is 0 Å². The summed E-state index contributed by atoms with van der Waals surface area (Å²) in [5.41, 5.74) is 0.516. The minimum absolute atomic E-state index is 0.225. The second-order valence-electron chi connectivity index (χ2n) is 4.65. The average Bonchev–Trinajstić information content (AvgIpc) is 3.20. The molecule has 1 aromatic carbocycles. The molecule has 0 saturated heterocycles. The predicted molar refractivity (Wildman–Crippen MR) is 78.6 cm³/mol. The molecule has 1 N–H and O–H groups in total. The summed E-state index contributed by atoms with van der Waals surface area (Å²) in [6.07, 6.45) is 3.94. The number of nitrogens with zero attached hydrogens (tertiary/aromatic N) is 2. The normalized spacial score (nSPS) is 15.8. The van der Waals surface area contributed by atoms with Crippen molar-refractivity contribution in [2.24, 2.45) is 0 Å². The van der Waals surface area contributed by atoms with Gasteiger partial charge in [0.1, 0.15) is 5.01 Å². The second kappa shape index (κ2) is 5.41. The summed E-state index contributed by atoms with van der Waals surface area (Å²) in [6, 6.07) is 6.71. The summed E-state index contributed by atoms with van der Waals surface area (Å²) in [6.45, 7) is 0. The topological polar surface area (TPSA) is 72.0 Å². The first-order chi connectivity index (χ1) is 9.63. The maximum absolute atomic E-state index is 12.0. The molecule has 1 fully saturated rings. The Morgan fingerprint density at radius 1 is 1.30 bits per heavy atom. The number of hydrogen-bond acceptors (Lipinski definition) is 5. The molecule has 1 heterocycles. The van der Waals surface area contributed by atoms with Crippen LogP contribution in [0, 0.1) is 0 Å². The number of hydrogen-bond donors (Lipinski definition) is 1. The van der Waals surface area contributed by atoms with Crippen LogP contribution in [-0.4, -0.2) is 26.6 Å². The van der Waals surface area contributed by atoms with E-state index in [0.29, 0.717) is 21.5 Å². The van der Waals surface area contributed by atoms with Crippen LogP contribution >= 0.6 is 11.3 Å². The fourth-order valence-corrected chi connectivity index (χ4v) is 3.17. The van der Waals surface area contributed by atoms with Gasteiger partial charge in [-0.1, -0.05) is 11.3 Å². The number of benzene rings is 1. The van der Waals surface area contributed by atoms with Gasteiger partial charge in [0.05, 0.1) is 0 Å². The summed E-state index contributed by atoms with van der Waals surface area (Å²) < 4.78 is 11.3. The largest absolute Gasteiger partial charge is 0.296 e. The van der Waals surface area contributed by atoms with Gasteiger partial charge in [-0.25, -0.2) is 0 Å². The number of rotatable bonds is 4. The van der Waals surface area contributed by atoms with E-state index in [4.69, 9.17) is 0 Å². The summed E-state index contributed by atoms with van der Waals surface area (Å²) in [5.74, 6) is 0.314. The van der Waals surface area contributed by atoms with Crippen molar-refractivity contribution in [2.45, 2.75) is 23.7 Å². The third-order valence-electron chi connectivity index (χ3n) is 3.04. The van der Waals surface area contributed by atoms with E-state index in [0.717, 1.165) is 17.8 Å². The molecule has 2 aromatic rings. The Kier molecular flexibility index (Phi) is 3.62. The molecule has 20 heavy (non-hydrogen) atoms. The Morgan fingerprint density at radius 2 is 2.00 bits per heavy atom. The van der Waals surface area contributed by atoms with Gasteiger partial charge in [0.2, 0.25) is 5.13 Å². The molecule has 1 amide bonds. The number of aromatic nitrogens is 2. The summed E-state index contributed by atoms with van der Waals surface area (Å²) >= 11 is 1.43. The molecule has 1 atom stereocenters. The van der Waals surface area contributed by atoms with Crippen LogP contribution in [0.25, 0.3) is 0 Å². The third-order valence-corrected chi connectivity index (χ3v) is 4.97. The molecule has 0 spiro atoms. The zero-order chi connectivity index (χ0) is 14.1. The SMILES string of the molecule is CS(=O)c1ccc(C(=O)Nc2nnc(C3CC3)s2)cc1. The first kappa shape index (κ1) is 13.4. The van der Waals surface area contributed by atoms with E-state index >= 15 is 0 Å². The highest BCUT2D eigenvalue weighted by atomic mass is 32.2. The van der Waals surface area contributed by atoms with Gasteiger partial charge in [-0.05, 0) is 37.1 Å². The Balaban J connectivity index is 1.69. The lowest BCUT2D eigenvalue weighted by Crippen LogP contribution is -2.11. The smallest absolute Gasteiger partial charge is 0.257 e. The van der Waals surface area contributed by atoms with E-state index < -0.39 is 10.8 Å². The van der Waals surface area contributed by atoms with Crippen molar-refractivity contribution >= 4 is 33.2 Å². The molecule has 1 saturated carbocycles. The molecule has 0 radical (unpaired) electrons. The van der Waals surface area contributed by atoms with Crippen molar-refractivity contribution in [2.75, 3.05) is 11.6 Å². The molecule has 1 aliphatic rings. The van der Waals surface area contributed by atoms with Crippen LogP contribution in [0.5, 0.6) is 0 Å². The van der Waals surface area contributed by atoms with E-state index in [1.165, 1.54) is 11.3 Å². The van der Waals surface area contributed by atoms with Crippen molar-refractivity contribution in [1.29, 1.82) is 0 Å². The van der Waals surface area contributed by atoms with Crippen LogP contribution in [-0.2, 0) is 10.8 Å². The van der Waals surface area contributed by atoms with Gasteiger partial charge >= 0.3 is 0 Å². The van der Waals surface area contributed by atoms with Gasteiger partial charge in [-0.3, -0.25) is 14.3 Å². The van der Waals surface area contributed by atoms with Gasteiger partial charge in [0.15, 0.2) is 0 Å². The molecule has 104 valence electrons. The molecular formula is C13H13N3O2S2. The minimum atomic E-state index is -1.04. The van der Waals surface area contributed by atoms with E-state index in [2.05, 4.69) is 15.5 Å². The molecule has 0 aliphatic heterocycles. The molecular weight excluding hydrogens is 294 g/mol. The lowest BCUT2D eigenvalue weighted by molar-refractivity contribution is 0.102. The quantitative estimate of drug-likeness (QED) is 0.941. The van der Waals surface area contributed by atoms with Crippen molar-refractivity contribution in [3.05, 3.63) is 34.8 Å². The van der Waals surface area contributed by atoms with Gasteiger partial charge in [0.25, 0.3) is 5.91 Å². The van der Waals surface area contributed by atoms with Crippen molar-refractivity contribution in [3.63, 3.8) is 0 Å². The molecule has 7 heteroatoms. The van der Waals surface area contributed by atoms with Crippen LogP contribution in [0.1, 0.15) is 34.1 Å². The van der Waals surface area contributed by atoms with Crippen LogP contribution in [0.3, 0.4) is 0 Å². The van der Waals surface area contributed by atoms with Crippen molar-refractivity contribution in [3.8, 4) is 0 Å². The number of anilines is 1. The lowest BCUT2D eigenvalue weighted by atomic mass is 10.2. The molecule has 1 aromatic heterocycles. The average molecular weight is 307 g/mol. The van der Waals surface area contributed by atoms with Crippen LogP contribution in [0.15, 0.2) is 29.2 Å². The maximum Gasteiger partial charge on any atom is 0.257 e. The number of carbonyl (C=O) groups is 1. The van der Waals surface area contributed by atoms with Crippen LogP contribution in [0.4, 0.5) is 5.13 Å². The molecule has 1 unspecified atom stereocenters. The van der Waals surface area contributed by atoms with Gasteiger partial charge in [-0.15, -0.1) is 10.2 Å². The van der Waals surface area contributed by atoms with Crippen molar-refractivity contribution < 1.29 is 9.00 Å². The van der Waals surface area contributed by atoms with Gasteiger partial charge in [0, 0.05) is 33.4 Å². The lowest BCUT2D eigenvalue weighted by Gasteiger charge is -2.02. The van der Waals surface area contributed by atoms with Gasteiger partial charge in [-0.2, -0.15) is 0 Å². The Morgan fingerprint density at radius 3 is 2.60 bits per heavy atom. The zero-order valence-corrected chi connectivity index (χ0v) is 12.5. The second-order valence-corrected chi connectivity index (χ2v) is 7.04. The maximum atomic E-state index is 12.0. The number of amides is 1. The fraction of sp³-hybridized carbons (Fsp3) is 0.308. The highest BCUT2D eigenvalue weighted by Gasteiger charge is 2.27. The standard InChI is InChI=1S/C13H13N3O2S2/c1-20(18)10-6-4-8(5-7-10)11(17)14-13-16-15-12(19-13)9-2-3-9/h4-7,9H,2-3H2,1H3,(H,14,16,17). The van der Waals surface area contributed by atoms with E-state index in [9.17, 15) is 9.00 Å². The Labute approximate surface area is 122 Å². The predicted octanol–water partition coefficient (Wildman–Crippen LogP) is 2.41. The molecule has 1 aliphatic carbocycles. The Hall–Kier alpha value is -1.60. The number of nitrogens with one attached hydrogen (secondary N) is 1. The van der Waals surface area contributed by atoms with Crippen LogP contribution < -0.4 is 5.32 Å². The van der Waals surface area contributed by atoms with E-state index in [-0.39, 0.29) is 5.91 Å². The van der Waals surface area contributed by atoms with E-state index in [1.807, 2.05) is 0 Å². The first-order valence-corrected chi connectivity index (χ1v) is 8.59. The summed E-state index contributed by atoms with van der Waals surface area (Å²) in [5, 5.41) is 12.3. The monoisotopic (exact) mass is 307 g/mol. The summed E-state index contributed by atoms with van der Waals surface area (Å²) in [4.78, 5) is 12.7. The van der Waals surface area contributed by atoms with E-state index in [1.54, 1.807) is 30.5 Å². The highest BCUT2D eigenvalue weighted by Crippen LogP contribution is 2.42. The fourth-order valence-electron chi connectivity index (χ4n) is 1.75. The third kappa shape index (κ3) is 2.94. The van der Waals surface area contributed by atoms with Crippen molar-refractivity contribution in [1.82, 2.24) is 10.2 Å². The Bertz CT molecular complexity index is 663. The van der Waals surface area contributed by atoms with Gasteiger partial charge < -0.3 is 0 Å². The molecule has 5 nitrogen and oxygen atoms in total. The zero-order valence-electron chi connectivity index (χ0n) is 10.8.